The minimum Gasteiger partial charge on any atom is -0.481 e. The highest BCUT2D eigenvalue weighted by Crippen LogP contribution is 2.42. The molecule has 2 aliphatic rings. The maximum Gasteiger partial charge on any atom is 0.218 e. The first kappa shape index (κ1) is 17.4. The van der Waals surface area contributed by atoms with Crippen molar-refractivity contribution in [3.05, 3.63) is 12.4 Å². The van der Waals surface area contributed by atoms with Gasteiger partial charge in [0, 0.05) is 25.8 Å². The number of nitrogens with zero attached hydrogens (tertiary/aromatic N) is 3. The normalized spacial score (nSPS) is 24.1. The Balaban J connectivity index is 1.71. The van der Waals surface area contributed by atoms with Crippen molar-refractivity contribution in [2.24, 2.45) is 5.41 Å². The molecule has 0 bridgehead atoms. The Bertz CT molecular complexity index is 674. The zero-order chi connectivity index (χ0) is 17.2. The van der Waals surface area contributed by atoms with Crippen LogP contribution in [-0.4, -0.2) is 64.1 Å². The first-order chi connectivity index (χ1) is 11.4. The second-order valence-corrected chi connectivity index (χ2v) is 8.32. The topological polar surface area (TPSA) is 93.7 Å². The summed E-state index contributed by atoms with van der Waals surface area (Å²) in [6.07, 6.45) is 5.38. The number of hydrogen-bond acceptors (Lipinski definition) is 7. The molecular formula is C15H24N4O4S. The second-order valence-electron chi connectivity index (χ2n) is 6.54. The van der Waals surface area contributed by atoms with Gasteiger partial charge in [-0.2, -0.15) is 0 Å². The zero-order valence-electron chi connectivity index (χ0n) is 14.1. The van der Waals surface area contributed by atoms with Gasteiger partial charge in [0.2, 0.25) is 15.9 Å². The van der Waals surface area contributed by atoms with E-state index in [0.717, 1.165) is 38.2 Å². The van der Waals surface area contributed by atoms with E-state index >= 15 is 0 Å². The van der Waals surface area contributed by atoms with Crippen LogP contribution in [0.4, 0.5) is 5.82 Å². The molecule has 0 radical (unpaired) electrons. The lowest BCUT2D eigenvalue weighted by molar-refractivity contribution is -0.0233. The van der Waals surface area contributed by atoms with Gasteiger partial charge in [0.05, 0.1) is 26.0 Å². The second kappa shape index (κ2) is 6.81. The monoisotopic (exact) mass is 356 g/mol. The maximum absolute atomic E-state index is 11.7. The van der Waals surface area contributed by atoms with Crippen LogP contribution in [0.2, 0.25) is 0 Å². The highest BCUT2D eigenvalue weighted by atomic mass is 32.2. The Morgan fingerprint density at radius 2 is 2.08 bits per heavy atom. The van der Waals surface area contributed by atoms with Crippen LogP contribution in [0.3, 0.4) is 0 Å². The molecule has 1 atom stereocenters. The molecule has 2 aliphatic heterocycles. The molecule has 0 unspecified atom stereocenters. The van der Waals surface area contributed by atoms with Crippen LogP contribution in [0.25, 0.3) is 0 Å². The van der Waals surface area contributed by atoms with Gasteiger partial charge in [-0.3, -0.25) is 0 Å². The van der Waals surface area contributed by atoms with Gasteiger partial charge in [0.1, 0.15) is 12.1 Å². The predicted octanol–water partition coefficient (Wildman–Crippen LogP) is 0.410. The predicted molar refractivity (Wildman–Crippen MR) is 89.7 cm³/mol. The molecule has 0 aromatic carbocycles. The van der Waals surface area contributed by atoms with Crippen molar-refractivity contribution in [3.63, 3.8) is 0 Å². The van der Waals surface area contributed by atoms with Crippen molar-refractivity contribution in [2.45, 2.75) is 25.3 Å². The minimum atomic E-state index is -3.25. The summed E-state index contributed by atoms with van der Waals surface area (Å²) in [5.74, 6) is 1.39. The third-order valence-electron chi connectivity index (χ3n) is 5.04. The summed E-state index contributed by atoms with van der Waals surface area (Å²) in [5, 5.41) is 0. The molecule has 1 N–H and O–H groups in total. The third kappa shape index (κ3) is 3.79. The number of rotatable bonds is 4. The summed E-state index contributed by atoms with van der Waals surface area (Å²) in [6.45, 7) is 2.77. The van der Waals surface area contributed by atoms with Crippen molar-refractivity contribution in [1.82, 2.24) is 14.7 Å². The van der Waals surface area contributed by atoms with Gasteiger partial charge in [0.25, 0.3) is 0 Å². The third-order valence-corrected chi connectivity index (χ3v) is 5.76. The number of anilines is 1. The quantitative estimate of drug-likeness (QED) is 0.835. The number of nitrogens with one attached hydrogen (secondary N) is 1. The molecule has 2 fully saturated rings. The van der Waals surface area contributed by atoms with Crippen molar-refractivity contribution in [1.29, 1.82) is 0 Å². The number of sulfonamides is 1. The molecule has 3 rings (SSSR count). The summed E-state index contributed by atoms with van der Waals surface area (Å²) < 4.78 is 36.8. The van der Waals surface area contributed by atoms with Crippen LogP contribution >= 0.6 is 0 Å². The van der Waals surface area contributed by atoms with Gasteiger partial charge in [-0.25, -0.2) is 23.1 Å². The van der Waals surface area contributed by atoms with Gasteiger partial charge in [-0.05, 0) is 24.7 Å². The average molecular weight is 356 g/mol. The van der Waals surface area contributed by atoms with E-state index in [1.165, 1.54) is 12.6 Å². The van der Waals surface area contributed by atoms with E-state index in [1.54, 1.807) is 7.11 Å². The Hall–Kier alpha value is -1.45. The molecule has 8 nitrogen and oxygen atoms in total. The van der Waals surface area contributed by atoms with Crippen LogP contribution in [-0.2, 0) is 14.8 Å². The standard InChI is InChI=1S/C15H24N4O4S/c1-22-14-9-13(16-11-17-14)19-6-3-15(4-7-19)5-8-23-10-12(15)18-24(2,20)21/h9,11-12,18H,3-8,10H2,1-2H3/t12-/m1/s1. The molecule has 0 aliphatic carbocycles. The van der Waals surface area contributed by atoms with Gasteiger partial charge >= 0.3 is 0 Å². The zero-order valence-corrected chi connectivity index (χ0v) is 14.9. The summed E-state index contributed by atoms with van der Waals surface area (Å²) in [4.78, 5) is 10.6. The van der Waals surface area contributed by atoms with Gasteiger partial charge in [-0.15, -0.1) is 0 Å². The minimum absolute atomic E-state index is 0.0467. The highest BCUT2D eigenvalue weighted by molar-refractivity contribution is 7.88. The maximum atomic E-state index is 11.7. The van der Waals surface area contributed by atoms with E-state index in [2.05, 4.69) is 19.6 Å². The molecule has 134 valence electrons. The van der Waals surface area contributed by atoms with Crippen LogP contribution in [0.5, 0.6) is 5.88 Å². The van der Waals surface area contributed by atoms with E-state index in [9.17, 15) is 8.42 Å². The lowest BCUT2D eigenvalue weighted by Crippen LogP contribution is -2.57. The summed E-state index contributed by atoms with van der Waals surface area (Å²) in [7, 11) is -1.67. The first-order valence-electron chi connectivity index (χ1n) is 8.08. The van der Waals surface area contributed by atoms with Crippen LogP contribution < -0.4 is 14.4 Å². The number of methoxy groups -OCH3 is 1. The van der Waals surface area contributed by atoms with Gasteiger partial charge in [-0.1, -0.05) is 0 Å². The van der Waals surface area contributed by atoms with E-state index in [4.69, 9.17) is 9.47 Å². The lowest BCUT2D eigenvalue weighted by Gasteiger charge is -2.49. The molecule has 9 heteroatoms. The summed E-state index contributed by atoms with van der Waals surface area (Å²) in [6, 6.07) is 1.66. The Kier molecular flexibility index (Phi) is 4.93. The molecule has 0 amide bonds. The number of aromatic nitrogens is 2. The fourth-order valence-corrected chi connectivity index (χ4v) is 4.47. The number of hydrogen-bond donors (Lipinski definition) is 1. The molecule has 3 heterocycles. The SMILES string of the molecule is COc1cc(N2CCC3(CCOC[C@H]3NS(C)(=O)=O)CC2)ncn1. The lowest BCUT2D eigenvalue weighted by atomic mass is 9.69. The fourth-order valence-electron chi connectivity index (χ4n) is 3.64. The Morgan fingerprint density at radius 3 is 2.75 bits per heavy atom. The average Bonchev–Trinajstić information content (AvgIpc) is 2.57. The first-order valence-corrected chi connectivity index (χ1v) is 9.97. The van der Waals surface area contributed by atoms with Crippen LogP contribution in [0.15, 0.2) is 12.4 Å². The van der Waals surface area contributed by atoms with Crippen molar-refractivity contribution in [2.75, 3.05) is 44.6 Å². The fraction of sp³-hybridized carbons (Fsp3) is 0.733. The van der Waals surface area contributed by atoms with Crippen molar-refractivity contribution in [3.8, 4) is 5.88 Å². The molecule has 2 saturated heterocycles. The van der Waals surface area contributed by atoms with Gasteiger partial charge in [0.15, 0.2) is 0 Å². The molecule has 0 saturated carbocycles. The smallest absolute Gasteiger partial charge is 0.218 e. The number of piperidine rings is 1. The van der Waals surface area contributed by atoms with Crippen LogP contribution in [0.1, 0.15) is 19.3 Å². The Labute approximate surface area is 142 Å². The van der Waals surface area contributed by atoms with Crippen molar-refractivity contribution >= 4 is 15.8 Å². The van der Waals surface area contributed by atoms with E-state index in [1.807, 2.05) is 6.07 Å². The molecule has 1 aromatic rings. The molecule has 1 spiro atoms. The van der Waals surface area contributed by atoms with Crippen LogP contribution in [0, 0.1) is 5.41 Å². The van der Waals surface area contributed by atoms with E-state index in [0.29, 0.717) is 19.1 Å². The summed E-state index contributed by atoms with van der Waals surface area (Å²) in [5.41, 5.74) is -0.0467. The Morgan fingerprint density at radius 1 is 1.33 bits per heavy atom. The number of ether oxygens (including phenoxy) is 2. The molecular weight excluding hydrogens is 332 g/mol. The largest absolute Gasteiger partial charge is 0.481 e. The van der Waals surface area contributed by atoms with Crippen molar-refractivity contribution < 1.29 is 17.9 Å². The van der Waals surface area contributed by atoms with Gasteiger partial charge < -0.3 is 14.4 Å². The molecule has 24 heavy (non-hydrogen) atoms. The van der Waals surface area contributed by atoms with E-state index < -0.39 is 10.0 Å². The van der Waals surface area contributed by atoms with E-state index in [-0.39, 0.29) is 11.5 Å². The highest BCUT2D eigenvalue weighted by Gasteiger charge is 2.44. The molecule has 1 aromatic heterocycles. The summed E-state index contributed by atoms with van der Waals surface area (Å²) >= 11 is 0.